The van der Waals surface area contributed by atoms with E-state index >= 15 is 0 Å². The molecule has 3 nitrogen and oxygen atoms in total. The highest BCUT2D eigenvalue weighted by Gasteiger charge is 2.00. The maximum Gasteiger partial charge on any atom is 0.251 e. The van der Waals surface area contributed by atoms with Crippen molar-refractivity contribution in [2.45, 2.75) is 33.9 Å². The van der Waals surface area contributed by atoms with E-state index < -0.39 is 0 Å². The molecule has 0 saturated carbocycles. The van der Waals surface area contributed by atoms with E-state index in [0.29, 0.717) is 5.56 Å². The minimum absolute atomic E-state index is 0. The molecular weight excluding hydrogens is 166 g/mol. The Balaban J connectivity index is 0.00000144. The maximum atomic E-state index is 11.3. The van der Waals surface area contributed by atoms with Gasteiger partial charge in [-0.05, 0) is 25.5 Å². The molecule has 0 saturated heterocycles. The van der Waals surface area contributed by atoms with E-state index in [-0.39, 0.29) is 25.6 Å². The van der Waals surface area contributed by atoms with Gasteiger partial charge in [0.05, 0.1) is 6.61 Å². The number of hydrogen-bond acceptors (Lipinski definition) is 2. The van der Waals surface area contributed by atoms with Gasteiger partial charge >= 0.3 is 0 Å². The molecule has 0 aliphatic rings. The largest absolute Gasteiger partial charge is 0.392 e. The van der Waals surface area contributed by atoms with Crippen molar-refractivity contribution in [1.82, 2.24) is 4.57 Å². The summed E-state index contributed by atoms with van der Waals surface area (Å²) in [5.41, 5.74) is 0.605. The zero-order chi connectivity index (χ0) is 9.14. The average Bonchev–Trinajstić information content (AvgIpc) is 2.03. The first-order valence-electron chi connectivity index (χ1n) is 3.97. The summed E-state index contributed by atoms with van der Waals surface area (Å²) in [4.78, 5) is 11.3. The highest BCUT2D eigenvalue weighted by atomic mass is 16.3. The van der Waals surface area contributed by atoms with Gasteiger partial charge in [0, 0.05) is 18.3 Å². The van der Waals surface area contributed by atoms with Crippen molar-refractivity contribution in [1.29, 1.82) is 0 Å². The fourth-order valence-electron chi connectivity index (χ4n) is 1.06. The van der Waals surface area contributed by atoms with Gasteiger partial charge in [-0.25, -0.2) is 0 Å². The molecule has 3 heteroatoms. The van der Waals surface area contributed by atoms with E-state index in [0.717, 1.165) is 0 Å². The van der Waals surface area contributed by atoms with Gasteiger partial charge in [-0.1, -0.05) is 7.43 Å². The molecule has 0 aliphatic carbocycles. The molecule has 0 bridgehead atoms. The second kappa shape index (κ2) is 4.82. The number of nitrogens with zero attached hydrogens (tertiary/aromatic N) is 1. The standard InChI is InChI=1S/C9H13NO2.CH4/c1-7(2)10-4-3-8(6-11)5-9(10)12;/h3-5,7,11H,6H2,1-2H3;1H4. The van der Waals surface area contributed by atoms with Crippen LogP contribution in [0.1, 0.15) is 32.9 Å². The van der Waals surface area contributed by atoms with Gasteiger partial charge in [0.1, 0.15) is 0 Å². The predicted molar refractivity (Wildman–Crippen MR) is 53.7 cm³/mol. The summed E-state index contributed by atoms with van der Waals surface area (Å²) in [6.45, 7) is 3.81. The molecule has 0 atom stereocenters. The van der Waals surface area contributed by atoms with E-state index in [1.807, 2.05) is 13.8 Å². The fraction of sp³-hybridized carbons (Fsp3) is 0.500. The number of rotatable bonds is 2. The van der Waals surface area contributed by atoms with Gasteiger partial charge in [-0.2, -0.15) is 0 Å². The average molecular weight is 183 g/mol. The lowest BCUT2D eigenvalue weighted by Gasteiger charge is -2.08. The second-order valence-electron chi connectivity index (χ2n) is 3.03. The number of hydrogen-bond donors (Lipinski definition) is 1. The topological polar surface area (TPSA) is 42.2 Å². The highest BCUT2D eigenvalue weighted by Crippen LogP contribution is 2.00. The molecule has 0 aromatic carbocycles. The molecule has 13 heavy (non-hydrogen) atoms. The van der Waals surface area contributed by atoms with Crippen LogP contribution in [0.25, 0.3) is 0 Å². The Morgan fingerprint density at radius 3 is 2.54 bits per heavy atom. The SMILES string of the molecule is C.CC(C)n1ccc(CO)cc1=O. The Morgan fingerprint density at radius 2 is 2.15 bits per heavy atom. The summed E-state index contributed by atoms with van der Waals surface area (Å²) < 4.78 is 1.62. The summed E-state index contributed by atoms with van der Waals surface area (Å²) >= 11 is 0. The Kier molecular flexibility index (Phi) is 4.42. The highest BCUT2D eigenvalue weighted by molar-refractivity contribution is 5.09. The van der Waals surface area contributed by atoms with E-state index in [4.69, 9.17) is 5.11 Å². The molecule has 0 unspecified atom stereocenters. The molecule has 0 amide bonds. The Labute approximate surface area is 78.6 Å². The van der Waals surface area contributed by atoms with Crippen LogP contribution in [0.2, 0.25) is 0 Å². The van der Waals surface area contributed by atoms with Crippen LogP contribution in [0.3, 0.4) is 0 Å². The molecule has 1 aromatic heterocycles. The van der Waals surface area contributed by atoms with Gasteiger partial charge in [-0.3, -0.25) is 4.79 Å². The number of aliphatic hydroxyl groups is 1. The zero-order valence-electron chi connectivity index (χ0n) is 7.32. The van der Waals surface area contributed by atoms with Crippen molar-refractivity contribution in [3.8, 4) is 0 Å². The third-order valence-corrected chi connectivity index (χ3v) is 1.75. The Hall–Kier alpha value is -1.09. The summed E-state index contributed by atoms with van der Waals surface area (Å²) in [6.07, 6.45) is 1.71. The van der Waals surface area contributed by atoms with Crippen LogP contribution >= 0.6 is 0 Å². The van der Waals surface area contributed by atoms with Gasteiger partial charge in [0.2, 0.25) is 0 Å². The molecule has 1 N–H and O–H groups in total. The molecule has 0 radical (unpaired) electrons. The van der Waals surface area contributed by atoms with Crippen molar-refractivity contribution in [2.75, 3.05) is 0 Å². The first-order chi connectivity index (χ1) is 5.65. The maximum absolute atomic E-state index is 11.3. The van der Waals surface area contributed by atoms with Crippen molar-refractivity contribution < 1.29 is 5.11 Å². The van der Waals surface area contributed by atoms with Crippen LogP contribution in [-0.2, 0) is 6.61 Å². The minimum atomic E-state index is -0.0752. The normalized spacial score (nSPS) is 9.85. The van der Waals surface area contributed by atoms with E-state index in [9.17, 15) is 4.79 Å². The van der Waals surface area contributed by atoms with Crippen LogP contribution in [0.5, 0.6) is 0 Å². The molecule has 1 rings (SSSR count). The van der Waals surface area contributed by atoms with Crippen LogP contribution < -0.4 is 5.56 Å². The van der Waals surface area contributed by atoms with Crippen LogP contribution in [0, 0.1) is 0 Å². The predicted octanol–water partition coefficient (Wildman–Crippen LogP) is 1.56. The van der Waals surface area contributed by atoms with Crippen LogP contribution in [-0.4, -0.2) is 9.67 Å². The first kappa shape index (κ1) is 11.9. The van der Waals surface area contributed by atoms with Gasteiger partial charge in [0.25, 0.3) is 5.56 Å². The minimum Gasteiger partial charge on any atom is -0.392 e. The fourth-order valence-corrected chi connectivity index (χ4v) is 1.06. The first-order valence-corrected chi connectivity index (χ1v) is 3.97. The molecule has 0 spiro atoms. The monoisotopic (exact) mass is 183 g/mol. The van der Waals surface area contributed by atoms with E-state index in [1.54, 1.807) is 16.8 Å². The summed E-state index contributed by atoms with van der Waals surface area (Å²) in [6, 6.07) is 3.38. The van der Waals surface area contributed by atoms with Gasteiger partial charge < -0.3 is 9.67 Å². The lowest BCUT2D eigenvalue weighted by molar-refractivity contribution is 0.281. The third kappa shape index (κ3) is 2.70. The third-order valence-electron chi connectivity index (χ3n) is 1.75. The second-order valence-corrected chi connectivity index (χ2v) is 3.03. The molecule has 1 aromatic rings. The smallest absolute Gasteiger partial charge is 0.251 e. The van der Waals surface area contributed by atoms with Crippen molar-refractivity contribution >= 4 is 0 Å². The van der Waals surface area contributed by atoms with Crippen molar-refractivity contribution in [2.24, 2.45) is 0 Å². The summed E-state index contributed by atoms with van der Waals surface area (Å²) in [5.74, 6) is 0. The zero-order valence-corrected chi connectivity index (χ0v) is 7.32. The number of aliphatic hydroxyl groups excluding tert-OH is 1. The van der Waals surface area contributed by atoms with Crippen LogP contribution in [0.4, 0.5) is 0 Å². The Morgan fingerprint density at radius 1 is 1.54 bits per heavy atom. The number of aromatic nitrogens is 1. The Bertz CT molecular complexity index is 315. The molecule has 0 aliphatic heterocycles. The molecular formula is C10H17NO2. The quantitative estimate of drug-likeness (QED) is 0.756. The van der Waals surface area contributed by atoms with Crippen molar-refractivity contribution in [3.63, 3.8) is 0 Å². The lowest BCUT2D eigenvalue weighted by Crippen LogP contribution is -2.20. The summed E-state index contributed by atoms with van der Waals surface area (Å²) in [5, 5.41) is 8.74. The lowest BCUT2D eigenvalue weighted by atomic mass is 10.2. The molecule has 0 fully saturated rings. The van der Waals surface area contributed by atoms with Crippen molar-refractivity contribution in [3.05, 3.63) is 34.2 Å². The van der Waals surface area contributed by atoms with E-state index in [1.165, 1.54) is 6.07 Å². The molecule has 74 valence electrons. The summed E-state index contributed by atoms with van der Waals surface area (Å²) in [7, 11) is 0. The number of pyridine rings is 1. The van der Waals surface area contributed by atoms with Gasteiger partial charge in [0.15, 0.2) is 0 Å². The van der Waals surface area contributed by atoms with Gasteiger partial charge in [-0.15, -0.1) is 0 Å². The molecule has 1 heterocycles. The van der Waals surface area contributed by atoms with Crippen LogP contribution in [0.15, 0.2) is 23.1 Å². The van der Waals surface area contributed by atoms with E-state index in [2.05, 4.69) is 0 Å².